The van der Waals surface area contributed by atoms with E-state index in [-0.39, 0.29) is 0 Å². The summed E-state index contributed by atoms with van der Waals surface area (Å²) in [5.74, 6) is -9.86. The minimum absolute atomic E-state index is 0.493. The molecule has 0 aliphatic carbocycles. The molecule has 2 nitrogen and oxygen atoms in total. The Morgan fingerprint density at radius 3 is 1.76 bits per heavy atom. The quantitative estimate of drug-likeness (QED) is 0.368. The van der Waals surface area contributed by atoms with Crippen LogP contribution in [0, 0.1) is 29.1 Å². The van der Waals surface area contributed by atoms with Gasteiger partial charge >= 0.3 is 0 Å². The van der Waals surface area contributed by atoms with E-state index in [9.17, 15) is 22.0 Å². The maximum atomic E-state index is 13.4. The van der Waals surface area contributed by atoms with Gasteiger partial charge in [0.15, 0.2) is 23.3 Å². The molecule has 0 fully saturated rings. The minimum Gasteiger partial charge on any atom is -0.275 e. The Morgan fingerprint density at radius 2 is 1.29 bits per heavy atom. The van der Waals surface area contributed by atoms with Crippen LogP contribution in [-0.2, 0) is 0 Å². The molecule has 1 heterocycles. The van der Waals surface area contributed by atoms with Crippen LogP contribution in [0.4, 0.5) is 22.0 Å². The van der Waals surface area contributed by atoms with Crippen molar-refractivity contribution in [3.05, 3.63) is 64.7 Å². The molecule has 0 saturated carbocycles. The van der Waals surface area contributed by atoms with Crippen molar-refractivity contribution in [1.29, 1.82) is 0 Å². The second-order valence-corrected chi connectivity index (χ2v) is 3.99. The predicted molar refractivity (Wildman–Crippen MR) is 64.3 cm³/mol. The third kappa shape index (κ3) is 2.86. The van der Waals surface area contributed by atoms with Crippen LogP contribution in [0.1, 0.15) is 11.1 Å². The average Bonchev–Trinajstić information content (AvgIpc) is 2.51. The molecule has 21 heavy (non-hydrogen) atoms. The van der Waals surface area contributed by atoms with Crippen molar-refractivity contribution in [2.75, 3.05) is 7.11 Å². The van der Waals surface area contributed by atoms with E-state index in [1.165, 1.54) is 42.4 Å². The first-order valence-corrected chi connectivity index (χ1v) is 5.71. The van der Waals surface area contributed by atoms with E-state index in [0.717, 1.165) is 6.08 Å². The molecule has 0 atom stereocenters. The van der Waals surface area contributed by atoms with Crippen LogP contribution in [0.25, 0.3) is 12.2 Å². The average molecular weight is 302 g/mol. The molecule has 1 aromatic carbocycles. The molecule has 0 spiro atoms. The predicted octanol–water partition coefficient (Wildman–Crippen LogP) is 2.90. The van der Waals surface area contributed by atoms with E-state index in [0.29, 0.717) is 5.56 Å². The second kappa shape index (κ2) is 5.90. The highest BCUT2D eigenvalue weighted by atomic mass is 19.2. The van der Waals surface area contributed by atoms with Gasteiger partial charge in [0, 0.05) is 16.9 Å². The Kier molecular flexibility index (Phi) is 4.21. The van der Waals surface area contributed by atoms with Gasteiger partial charge in [-0.05, 0) is 11.6 Å². The SMILES string of the molecule is CO[n+]1ccc(/C=C/c2c(F)c(F)c(F)c(F)c2F)cc1. The smallest absolute Gasteiger partial charge is 0.223 e. The van der Waals surface area contributed by atoms with Gasteiger partial charge in [-0.2, -0.15) is 0 Å². The van der Waals surface area contributed by atoms with E-state index in [2.05, 4.69) is 0 Å². The minimum atomic E-state index is -2.18. The summed E-state index contributed by atoms with van der Waals surface area (Å²) in [5, 5.41) is 0. The number of hydrogen-bond donors (Lipinski definition) is 0. The Balaban J connectivity index is 2.41. The van der Waals surface area contributed by atoms with E-state index < -0.39 is 34.6 Å². The number of halogens is 5. The molecule has 0 bridgehead atoms. The molecule has 0 aliphatic heterocycles. The first-order chi connectivity index (χ1) is 9.95. The maximum Gasteiger partial charge on any atom is 0.223 e. The number of pyridine rings is 1. The first-order valence-electron chi connectivity index (χ1n) is 5.71. The highest BCUT2D eigenvalue weighted by molar-refractivity contribution is 5.69. The molecule has 0 unspecified atom stereocenters. The molecule has 0 saturated heterocycles. The van der Waals surface area contributed by atoms with Gasteiger partial charge in [0.1, 0.15) is 7.11 Å². The maximum absolute atomic E-state index is 13.4. The number of hydrogen-bond acceptors (Lipinski definition) is 1. The number of nitrogens with zero attached hydrogens (tertiary/aromatic N) is 1. The standard InChI is InChI=1S/C14H9F5NO/c1-21-20-6-4-8(5-7-20)2-3-9-10(15)12(17)14(19)13(18)11(9)16/h2-7H,1H3/q+1/b3-2+. The molecular weight excluding hydrogens is 293 g/mol. The number of aromatic nitrogens is 1. The fourth-order valence-corrected chi connectivity index (χ4v) is 1.60. The largest absolute Gasteiger partial charge is 0.275 e. The van der Waals surface area contributed by atoms with Crippen molar-refractivity contribution in [3.63, 3.8) is 0 Å². The Labute approximate surface area is 116 Å². The Morgan fingerprint density at radius 1 is 0.810 bits per heavy atom. The second-order valence-electron chi connectivity index (χ2n) is 3.99. The van der Waals surface area contributed by atoms with Crippen LogP contribution in [0.2, 0.25) is 0 Å². The summed E-state index contributed by atoms with van der Waals surface area (Å²) in [6.07, 6.45) is 5.07. The molecular formula is C14H9F5NO+. The van der Waals surface area contributed by atoms with Crippen molar-refractivity contribution in [2.45, 2.75) is 0 Å². The summed E-state index contributed by atoms with van der Waals surface area (Å²) in [6, 6.07) is 3.07. The van der Waals surface area contributed by atoms with Gasteiger partial charge < -0.3 is 0 Å². The third-order valence-corrected chi connectivity index (χ3v) is 2.72. The van der Waals surface area contributed by atoms with Gasteiger partial charge in [0.2, 0.25) is 18.2 Å². The fourth-order valence-electron chi connectivity index (χ4n) is 1.60. The zero-order valence-corrected chi connectivity index (χ0v) is 10.7. The lowest BCUT2D eigenvalue weighted by atomic mass is 10.1. The van der Waals surface area contributed by atoms with Crippen molar-refractivity contribution in [2.24, 2.45) is 0 Å². The van der Waals surface area contributed by atoms with Gasteiger partial charge in [-0.3, -0.25) is 4.84 Å². The molecule has 2 aromatic rings. The fraction of sp³-hybridized carbons (Fsp3) is 0.0714. The molecule has 1 aromatic heterocycles. The van der Waals surface area contributed by atoms with E-state index in [1.54, 1.807) is 0 Å². The topological polar surface area (TPSA) is 13.1 Å². The molecule has 7 heteroatoms. The lowest BCUT2D eigenvalue weighted by Crippen LogP contribution is -2.39. The molecule has 0 amide bonds. The summed E-state index contributed by atoms with van der Waals surface area (Å²) in [7, 11) is 1.43. The highest BCUT2D eigenvalue weighted by Gasteiger charge is 2.24. The highest BCUT2D eigenvalue weighted by Crippen LogP contribution is 2.24. The van der Waals surface area contributed by atoms with Crippen molar-refractivity contribution >= 4 is 12.2 Å². The summed E-state index contributed by atoms with van der Waals surface area (Å²) in [6.45, 7) is 0. The van der Waals surface area contributed by atoms with E-state index >= 15 is 0 Å². The molecule has 0 N–H and O–H groups in total. The van der Waals surface area contributed by atoms with E-state index in [4.69, 9.17) is 4.84 Å². The van der Waals surface area contributed by atoms with Crippen LogP contribution in [0.5, 0.6) is 0 Å². The summed E-state index contributed by atoms with van der Waals surface area (Å²) in [5.41, 5.74) is -0.498. The van der Waals surface area contributed by atoms with Gasteiger partial charge in [0.25, 0.3) is 0 Å². The number of benzene rings is 1. The zero-order chi connectivity index (χ0) is 15.6. The van der Waals surface area contributed by atoms with Crippen LogP contribution in [-0.4, -0.2) is 7.11 Å². The Bertz CT molecular complexity index is 668. The molecule has 0 aliphatic rings. The van der Waals surface area contributed by atoms with Crippen LogP contribution >= 0.6 is 0 Å². The molecule has 2 rings (SSSR count). The van der Waals surface area contributed by atoms with Crippen LogP contribution in [0.3, 0.4) is 0 Å². The molecule has 0 radical (unpaired) electrons. The van der Waals surface area contributed by atoms with Gasteiger partial charge in [-0.25, -0.2) is 22.0 Å². The lowest BCUT2D eigenvalue weighted by molar-refractivity contribution is -0.885. The normalized spacial score (nSPS) is 11.1. The Hall–Kier alpha value is -2.44. The lowest BCUT2D eigenvalue weighted by Gasteiger charge is -2.04. The summed E-state index contributed by atoms with van der Waals surface area (Å²) >= 11 is 0. The number of rotatable bonds is 3. The van der Waals surface area contributed by atoms with Crippen LogP contribution < -0.4 is 9.57 Å². The van der Waals surface area contributed by atoms with Crippen molar-refractivity contribution in [1.82, 2.24) is 0 Å². The van der Waals surface area contributed by atoms with E-state index in [1.807, 2.05) is 0 Å². The van der Waals surface area contributed by atoms with Gasteiger partial charge in [0.05, 0.1) is 5.56 Å². The molecule has 110 valence electrons. The van der Waals surface area contributed by atoms with Crippen LogP contribution in [0.15, 0.2) is 24.5 Å². The summed E-state index contributed by atoms with van der Waals surface area (Å²) < 4.78 is 67.1. The van der Waals surface area contributed by atoms with Gasteiger partial charge in [-0.15, -0.1) is 0 Å². The van der Waals surface area contributed by atoms with Crippen molar-refractivity contribution in [3.8, 4) is 0 Å². The monoisotopic (exact) mass is 302 g/mol. The first kappa shape index (κ1) is 15.0. The summed E-state index contributed by atoms with van der Waals surface area (Å²) in [4.78, 5) is 4.85. The van der Waals surface area contributed by atoms with Gasteiger partial charge in [-0.1, -0.05) is 6.08 Å². The van der Waals surface area contributed by atoms with Crippen molar-refractivity contribution < 1.29 is 31.5 Å². The zero-order valence-electron chi connectivity index (χ0n) is 10.7. The third-order valence-electron chi connectivity index (χ3n) is 2.72.